The van der Waals surface area contributed by atoms with Gasteiger partial charge in [0, 0.05) is 19.6 Å². The molecule has 0 aromatic carbocycles. The van der Waals surface area contributed by atoms with Crippen LogP contribution in [0.1, 0.15) is 40.0 Å². The first-order valence-electron chi connectivity index (χ1n) is 7.70. The molecule has 3 atom stereocenters. The molecule has 2 aliphatic rings. The summed E-state index contributed by atoms with van der Waals surface area (Å²) in [5.74, 6) is 1.36. The first-order valence-corrected chi connectivity index (χ1v) is 7.70. The molecule has 4 nitrogen and oxygen atoms in total. The number of aliphatic hydroxyl groups is 1. The van der Waals surface area contributed by atoms with E-state index in [1.54, 1.807) is 0 Å². The minimum Gasteiger partial charge on any atom is -0.393 e. The number of amides is 1. The molecule has 0 radical (unpaired) electrons. The average molecular weight is 268 g/mol. The van der Waals surface area contributed by atoms with Crippen molar-refractivity contribution in [3.05, 3.63) is 0 Å². The van der Waals surface area contributed by atoms with Gasteiger partial charge >= 0.3 is 0 Å². The van der Waals surface area contributed by atoms with E-state index in [-0.39, 0.29) is 18.1 Å². The Morgan fingerprint density at radius 1 is 1.16 bits per heavy atom. The van der Waals surface area contributed by atoms with Crippen LogP contribution in [0.5, 0.6) is 0 Å². The SMILES string of the molecule is CC1CCN(C(=O)C(C)N2CCC(C(C)O)C2)CC1. The summed E-state index contributed by atoms with van der Waals surface area (Å²) in [7, 11) is 0. The van der Waals surface area contributed by atoms with Gasteiger partial charge in [0.2, 0.25) is 5.91 Å². The van der Waals surface area contributed by atoms with Crippen molar-refractivity contribution in [2.24, 2.45) is 11.8 Å². The van der Waals surface area contributed by atoms with Gasteiger partial charge in [-0.05, 0) is 51.5 Å². The summed E-state index contributed by atoms with van der Waals surface area (Å²) >= 11 is 0. The zero-order chi connectivity index (χ0) is 14.0. The fraction of sp³-hybridized carbons (Fsp3) is 0.933. The van der Waals surface area contributed by atoms with E-state index in [4.69, 9.17) is 0 Å². The zero-order valence-electron chi connectivity index (χ0n) is 12.5. The molecule has 0 aliphatic carbocycles. The lowest BCUT2D eigenvalue weighted by Gasteiger charge is -2.34. The molecule has 1 amide bonds. The molecule has 1 N–H and O–H groups in total. The Bertz CT molecular complexity index is 311. The van der Waals surface area contributed by atoms with E-state index in [9.17, 15) is 9.90 Å². The van der Waals surface area contributed by atoms with Crippen LogP contribution < -0.4 is 0 Å². The number of hydrogen-bond donors (Lipinski definition) is 1. The van der Waals surface area contributed by atoms with Crippen LogP contribution in [0, 0.1) is 11.8 Å². The second kappa shape index (κ2) is 6.23. The van der Waals surface area contributed by atoms with Gasteiger partial charge in [0.15, 0.2) is 0 Å². The number of piperidine rings is 1. The summed E-state index contributed by atoms with van der Waals surface area (Å²) in [6.07, 6.45) is 3.01. The van der Waals surface area contributed by atoms with Gasteiger partial charge in [-0.2, -0.15) is 0 Å². The molecular formula is C15H28N2O2. The van der Waals surface area contributed by atoms with Gasteiger partial charge in [0.05, 0.1) is 12.1 Å². The Hall–Kier alpha value is -0.610. The lowest BCUT2D eigenvalue weighted by molar-refractivity contribution is -0.137. The standard InChI is InChI=1S/C15H28N2O2/c1-11-4-7-16(8-5-11)15(19)12(2)17-9-6-14(10-17)13(3)18/h11-14,18H,4-10H2,1-3H3. The summed E-state index contributed by atoms with van der Waals surface area (Å²) in [5, 5.41) is 9.65. The largest absolute Gasteiger partial charge is 0.393 e. The van der Waals surface area contributed by atoms with Crippen molar-refractivity contribution in [3.63, 3.8) is 0 Å². The minimum atomic E-state index is -0.261. The van der Waals surface area contributed by atoms with E-state index < -0.39 is 0 Å². The molecule has 2 saturated heterocycles. The predicted molar refractivity (Wildman–Crippen MR) is 75.8 cm³/mol. The molecule has 2 aliphatic heterocycles. The summed E-state index contributed by atoms with van der Waals surface area (Å²) in [6, 6.07) is -0.0304. The summed E-state index contributed by atoms with van der Waals surface area (Å²) in [5.41, 5.74) is 0. The van der Waals surface area contributed by atoms with Gasteiger partial charge in [-0.15, -0.1) is 0 Å². The van der Waals surface area contributed by atoms with E-state index in [2.05, 4.69) is 11.8 Å². The first-order chi connectivity index (χ1) is 8.99. The highest BCUT2D eigenvalue weighted by Gasteiger charge is 2.34. The van der Waals surface area contributed by atoms with Crippen LogP contribution in [0.4, 0.5) is 0 Å². The van der Waals surface area contributed by atoms with E-state index in [0.717, 1.165) is 51.4 Å². The zero-order valence-corrected chi connectivity index (χ0v) is 12.5. The van der Waals surface area contributed by atoms with Crippen molar-refractivity contribution < 1.29 is 9.90 Å². The van der Waals surface area contributed by atoms with E-state index >= 15 is 0 Å². The maximum atomic E-state index is 12.5. The van der Waals surface area contributed by atoms with E-state index in [1.807, 2.05) is 18.7 Å². The number of likely N-dealkylation sites (tertiary alicyclic amines) is 2. The number of carbonyl (C=O) groups excluding carboxylic acids is 1. The third-order valence-corrected chi connectivity index (χ3v) is 4.94. The Morgan fingerprint density at radius 2 is 1.79 bits per heavy atom. The highest BCUT2D eigenvalue weighted by atomic mass is 16.3. The van der Waals surface area contributed by atoms with Crippen molar-refractivity contribution >= 4 is 5.91 Å². The maximum Gasteiger partial charge on any atom is 0.239 e. The number of rotatable bonds is 3. The Balaban J connectivity index is 1.86. The van der Waals surface area contributed by atoms with E-state index in [0.29, 0.717) is 5.92 Å². The molecule has 0 aromatic rings. The van der Waals surface area contributed by atoms with Crippen molar-refractivity contribution in [1.29, 1.82) is 0 Å². The second-order valence-electron chi connectivity index (χ2n) is 6.47. The fourth-order valence-corrected chi connectivity index (χ4v) is 3.21. The molecule has 2 heterocycles. The Labute approximate surface area is 116 Å². The summed E-state index contributed by atoms with van der Waals surface area (Å²) in [6.45, 7) is 9.76. The van der Waals surface area contributed by atoms with Crippen molar-refractivity contribution in [2.45, 2.75) is 52.2 Å². The quantitative estimate of drug-likeness (QED) is 0.840. The molecule has 0 spiro atoms. The predicted octanol–water partition coefficient (Wildman–Crippen LogP) is 1.34. The van der Waals surface area contributed by atoms with Crippen LogP contribution in [0.25, 0.3) is 0 Å². The Kier molecular flexibility index (Phi) is 4.85. The van der Waals surface area contributed by atoms with Crippen LogP contribution in [-0.2, 0) is 4.79 Å². The van der Waals surface area contributed by atoms with Crippen molar-refractivity contribution in [3.8, 4) is 0 Å². The molecule has 2 fully saturated rings. The van der Waals surface area contributed by atoms with Gasteiger partial charge in [-0.3, -0.25) is 9.69 Å². The van der Waals surface area contributed by atoms with Crippen molar-refractivity contribution in [2.75, 3.05) is 26.2 Å². The first kappa shape index (κ1) is 14.8. The van der Waals surface area contributed by atoms with Gasteiger partial charge in [-0.25, -0.2) is 0 Å². The molecule has 110 valence electrons. The normalized spacial score (nSPS) is 29.5. The van der Waals surface area contributed by atoms with Gasteiger partial charge in [-0.1, -0.05) is 6.92 Å². The van der Waals surface area contributed by atoms with Gasteiger partial charge in [0.25, 0.3) is 0 Å². The van der Waals surface area contributed by atoms with Gasteiger partial charge in [0.1, 0.15) is 0 Å². The molecule has 2 rings (SSSR count). The average Bonchev–Trinajstić information content (AvgIpc) is 2.87. The topological polar surface area (TPSA) is 43.8 Å². The second-order valence-corrected chi connectivity index (χ2v) is 6.47. The maximum absolute atomic E-state index is 12.5. The molecule has 3 unspecified atom stereocenters. The highest BCUT2D eigenvalue weighted by molar-refractivity contribution is 5.81. The minimum absolute atomic E-state index is 0.0304. The van der Waals surface area contributed by atoms with E-state index in [1.165, 1.54) is 0 Å². The van der Waals surface area contributed by atoms with Crippen molar-refractivity contribution in [1.82, 2.24) is 9.80 Å². The number of carbonyl (C=O) groups is 1. The molecule has 4 heteroatoms. The lowest BCUT2D eigenvalue weighted by Crippen LogP contribution is -2.48. The molecule has 19 heavy (non-hydrogen) atoms. The van der Waals surface area contributed by atoms with Crippen LogP contribution >= 0.6 is 0 Å². The van der Waals surface area contributed by atoms with Crippen LogP contribution in [0.2, 0.25) is 0 Å². The van der Waals surface area contributed by atoms with Gasteiger partial charge < -0.3 is 10.0 Å². The van der Waals surface area contributed by atoms with Crippen LogP contribution in [0.15, 0.2) is 0 Å². The summed E-state index contributed by atoms with van der Waals surface area (Å²) < 4.78 is 0. The van der Waals surface area contributed by atoms with Crippen LogP contribution in [0.3, 0.4) is 0 Å². The monoisotopic (exact) mass is 268 g/mol. The third-order valence-electron chi connectivity index (χ3n) is 4.94. The number of hydrogen-bond acceptors (Lipinski definition) is 3. The number of aliphatic hydroxyl groups excluding tert-OH is 1. The molecule has 0 aromatic heterocycles. The smallest absolute Gasteiger partial charge is 0.239 e. The highest BCUT2D eigenvalue weighted by Crippen LogP contribution is 2.23. The number of nitrogens with zero attached hydrogens (tertiary/aromatic N) is 2. The van der Waals surface area contributed by atoms with Crippen LogP contribution in [-0.4, -0.2) is 59.1 Å². The third kappa shape index (κ3) is 3.48. The lowest BCUT2D eigenvalue weighted by atomic mass is 9.98. The molecule has 0 bridgehead atoms. The molecule has 0 saturated carbocycles. The Morgan fingerprint density at radius 3 is 2.32 bits per heavy atom. The molecular weight excluding hydrogens is 240 g/mol. The summed E-state index contributed by atoms with van der Waals surface area (Å²) in [4.78, 5) is 16.8. The fourth-order valence-electron chi connectivity index (χ4n) is 3.21.